The molecule has 0 bridgehead atoms. The average Bonchev–Trinajstić information content (AvgIpc) is 3.08. The van der Waals surface area contributed by atoms with Gasteiger partial charge in [-0.3, -0.25) is 19.2 Å². The predicted molar refractivity (Wildman–Crippen MR) is 196 cm³/mol. The number of carboxylic acids is 2. The van der Waals surface area contributed by atoms with Crippen LogP contribution in [0.1, 0.15) is 161 Å². The summed E-state index contributed by atoms with van der Waals surface area (Å²) in [6.45, 7) is 4.19. The van der Waals surface area contributed by atoms with Crippen molar-refractivity contribution >= 4 is 35.4 Å². The lowest BCUT2D eigenvalue weighted by Gasteiger charge is -2.13. The fourth-order valence-electron chi connectivity index (χ4n) is 5.44. The number of ketones is 1. The van der Waals surface area contributed by atoms with Crippen molar-refractivity contribution in [3.05, 3.63) is 0 Å². The van der Waals surface area contributed by atoms with E-state index in [1.807, 2.05) is 0 Å². The first-order chi connectivity index (χ1) is 24.6. The van der Waals surface area contributed by atoms with Crippen LogP contribution < -0.4 is 16.0 Å². The van der Waals surface area contributed by atoms with Gasteiger partial charge in [-0.25, -0.2) is 4.79 Å². The second kappa shape index (κ2) is 35.3. The van der Waals surface area contributed by atoms with Crippen molar-refractivity contribution in [3.63, 3.8) is 0 Å². The standard InChI is InChI=1S/C38H69N3O10/c1-32(42)22-23-33(38(48)49)41-36(45)25-24-35(44)40-27-19-29-51-31-30-50-28-18-26-39-34(43)20-16-14-12-10-8-6-4-2-3-5-7-9-11-13-15-17-21-37(46)47/h33H,2-31H2,1H3,(H,39,43)(H,40,44)(H,41,45)(H,46,47)(H,48,49)/t33-/m0/s1. The van der Waals surface area contributed by atoms with E-state index in [1.165, 1.54) is 77.6 Å². The van der Waals surface area contributed by atoms with Crippen molar-refractivity contribution in [2.75, 3.05) is 39.5 Å². The van der Waals surface area contributed by atoms with Crippen molar-refractivity contribution < 1.29 is 48.5 Å². The van der Waals surface area contributed by atoms with Gasteiger partial charge in [-0.05, 0) is 39.0 Å². The second-order valence-corrected chi connectivity index (χ2v) is 13.4. The molecule has 0 rings (SSSR count). The molecule has 0 aromatic rings. The van der Waals surface area contributed by atoms with Crippen LogP contribution in [0.15, 0.2) is 0 Å². The van der Waals surface area contributed by atoms with Gasteiger partial charge in [-0.1, -0.05) is 89.9 Å². The lowest BCUT2D eigenvalue weighted by atomic mass is 10.0. The number of Topliss-reactive ketones (excluding diaryl/α,β-unsaturated/α-hetero) is 1. The first-order valence-corrected chi connectivity index (χ1v) is 19.5. The Morgan fingerprint density at radius 1 is 0.471 bits per heavy atom. The maximum atomic E-state index is 12.0. The Kier molecular flexibility index (Phi) is 33.2. The van der Waals surface area contributed by atoms with Crippen LogP contribution in [0, 0.1) is 0 Å². The molecule has 0 aromatic heterocycles. The van der Waals surface area contributed by atoms with E-state index in [-0.39, 0.29) is 43.3 Å². The minimum Gasteiger partial charge on any atom is -0.481 e. The Bertz CT molecular complexity index is 947. The van der Waals surface area contributed by atoms with Gasteiger partial charge in [0.15, 0.2) is 0 Å². The average molecular weight is 728 g/mol. The summed E-state index contributed by atoms with van der Waals surface area (Å²) in [5.41, 5.74) is 0. The van der Waals surface area contributed by atoms with Gasteiger partial charge in [0.05, 0.1) is 13.2 Å². The summed E-state index contributed by atoms with van der Waals surface area (Å²) in [6, 6.07) is -1.15. The van der Waals surface area contributed by atoms with Gasteiger partial charge in [-0.15, -0.1) is 0 Å². The molecular formula is C38H69N3O10. The third-order valence-corrected chi connectivity index (χ3v) is 8.49. The Morgan fingerprint density at radius 3 is 1.27 bits per heavy atom. The summed E-state index contributed by atoms with van der Waals surface area (Å²) in [7, 11) is 0. The van der Waals surface area contributed by atoms with Gasteiger partial charge < -0.3 is 40.4 Å². The first-order valence-electron chi connectivity index (χ1n) is 19.5. The fourth-order valence-corrected chi connectivity index (χ4v) is 5.44. The molecule has 51 heavy (non-hydrogen) atoms. The van der Waals surface area contributed by atoms with Crippen LogP contribution in [-0.2, 0) is 38.2 Å². The highest BCUT2D eigenvalue weighted by Gasteiger charge is 2.20. The van der Waals surface area contributed by atoms with E-state index in [2.05, 4.69) is 16.0 Å². The maximum absolute atomic E-state index is 12.0. The summed E-state index contributed by atoms with van der Waals surface area (Å²) in [5.74, 6) is -2.83. The van der Waals surface area contributed by atoms with Gasteiger partial charge in [-0.2, -0.15) is 0 Å². The molecule has 0 saturated heterocycles. The predicted octanol–water partition coefficient (Wildman–Crippen LogP) is 5.86. The van der Waals surface area contributed by atoms with Gasteiger partial charge in [0, 0.05) is 58.4 Å². The molecule has 5 N–H and O–H groups in total. The molecule has 0 unspecified atom stereocenters. The molecule has 0 aliphatic carbocycles. The van der Waals surface area contributed by atoms with Crippen molar-refractivity contribution in [1.82, 2.24) is 16.0 Å². The third-order valence-electron chi connectivity index (χ3n) is 8.49. The van der Waals surface area contributed by atoms with Gasteiger partial charge >= 0.3 is 11.9 Å². The number of amides is 3. The normalized spacial score (nSPS) is 11.5. The quantitative estimate of drug-likeness (QED) is 0.0481. The van der Waals surface area contributed by atoms with Crippen molar-refractivity contribution in [2.24, 2.45) is 0 Å². The zero-order chi connectivity index (χ0) is 37.8. The molecule has 0 saturated carbocycles. The fraction of sp³-hybridized carbons (Fsp3) is 0.842. The Labute approximate surface area is 306 Å². The van der Waals surface area contributed by atoms with Crippen LogP contribution in [0.2, 0.25) is 0 Å². The number of carboxylic acid groups (broad SMARTS) is 2. The lowest BCUT2D eigenvalue weighted by Crippen LogP contribution is -2.41. The van der Waals surface area contributed by atoms with E-state index in [1.54, 1.807) is 0 Å². The molecule has 0 aliphatic heterocycles. The van der Waals surface area contributed by atoms with E-state index in [0.717, 1.165) is 38.5 Å². The molecular weight excluding hydrogens is 658 g/mol. The number of carbonyl (C=O) groups is 6. The molecule has 13 nitrogen and oxygen atoms in total. The van der Waals surface area contributed by atoms with Gasteiger partial charge in [0.1, 0.15) is 11.8 Å². The van der Waals surface area contributed by atoms with E-state index in [9.17, 15) is 28.8 Å². The maximum Gasteiger partial charge on any atom is 0.326 e. The molecule has 0 aromatic carbocycles. The van der Waals surface area contributed by atoms with Crippen molar-refractivity contribution in [2.45, 2.75) is 167 Å². The molecule has 0 aliphatic rings. The van der Waals surface area contributed by atoms with Crippen LogP contribution in [-0.4, -0.2) is 91.2 Å². The van der Waals surface area contributed by atoms with Crippen LogP contribution in [0.5, 0.6) is 0 Å². The number of rotatable bonds is 38. The number of hydrogen-bond acceptors (Lipinski definition) is 8. The van der Waals surface area contributed by atoms with Crippen LogP contribution in [0.4, 0.5) is 0 Å². The van der Waals surface area contributed by atoms with Crippen molar-refractivity contribution in [1.29, 1.82) is 0 Å². The lowest BCUT2D eigenvalue weighted by molar-refractivity contribution is -0.142. The summed E-state index contributed by atoms with van der Waals surface area (Å²) in [6.07, 6.45) is 21.2. The summed E-state index contributed by atoms with van der Waals surface area (Å²) < 4.78 is 11.0. The van der Waals surface area contributed by atoms with E-state index in [4.69, 9.17) is 19.7 Å². The molecule has 1 atom stereocenters. The zero-order valence-electron chi connectivity index (χ0n) is 31.5. The second-order valence-electron chi connectivity index (χ2n) is 13.4. The third kappa shape index (κ3) is 36.5. The zero-order valence-corrected chi connectivity index (χ0v) is 31.5. The minimum atomic E-state index is -1.21. The Morgan fingerprint density at radius 2 is 0.863 bits per heavy atom. The van der Waals surface area contributed by atoms with Crippen molar-refractivity contribution in [3.8, 4) is 0 Å². The highest BCUT2D eigenvalue weighted by Crippen LogP contribution is 2.14. The summed E-state index contributed by atoms with van der Waals surface area (Å²) >= 11 is 0. The smallest absolute Gasteiger partial charge is 0.326 e. The number of ether oxygens (including phenoxy) is 2. The van der Waals surface area contributed by atoms with E-state index >= 15 is 0 Å². The largest absolute Gasteiger partial charge is 0.481 e. The topological polar surface area (TPSA) is 197 Å². The van der Waals surface area contributed by atoms with Gasteiger partial charge in [0.2, 0.25) is 17.7 Å². The number of carbonyl (C=O) groups excluding carboxylic acids is 4. The summed E-state index contributed by atoms with van der Waals surface area (Å²) in [5, 5.41) is 25.8. The molecule has 0 fully saturated rings. The number of nitrogens with one attached hydrogen (secondary N) is 3. The van der Waals surface area contributed by atoms with Crippen LogP contribution in [0.3, 0.4) is 0 Å². The SMILES string of the molecule is CC(=O)CC[C@H](NC(=O)CCC(=O)NCCCOCCOCCCNC(=O)CCCCCCCCCCCCCCCCCCC(=O)O)C(=O)O. The Hall–Kier alpha value is -3.06. The highest BCUT2D eigenvalue weighted by molar-refractivity contribution is 5.87. The summed E-state index contributed by atoms with van der Waals surface area (Å²) in [4.78, 5) is 68.6. The number of unbranched alkanes of at least 4 members (excludes halogenated alkanes) is 15. The van der Waals surface area contributed by atoms with Crippen LogP contribution in [0.25, 0.3) is 0 Å². The van der Waals surface area contributed by atoms with E-state index < -0.39 is 23.9 Å². The molecule has 3 amide bonds. The highest BCUT2D eigenvalue weighted by atomic mass is 16.5. The van der Waals surface area contributed by atoms with Crippen LogP contribution >= 0.6 is 0 Å². The molecule has 0 spiro atoms. The first kappa shape index (κ1) is 47.9. The minimum absolute atomic E-state index is 0.0133. The molecule has 13 heteroatoms. The van der Waals surface area contributed by atoms with E-state index in [0.29, 0.717) is 58.8 Å². The monoisotopic (exact) mass is 727 g/mol. The molecule has 296 valence electrons. The molecule has 0 radical (unpaired) electrons. The van der Waals surface area contributed by atoms with Gasteiger partial charge in [0.25, 0.3) is 0 Å². The Balaban J connectivity index is 3.40. The number of aliphatic carboxylic acids is 2. The molecule has 0 heterocycles. The number of hydrogen-bond donors (Lipinski definition) is 5.